The molecule has 0 saturated carbocycles. The first kappa shape index (κ1) is 17.2. The number of carbonyl (C=O) groups excluding carboxylic acids is 1. The van der Waals surface area contributed by atoms with Crippen LogP contribution in [0.2, 0.25) is 5.02 Å². The first-order valence-corrected chi connectivity index (χ1v) is 8.99. The van der Waals surface area contributed by atoms with E-state index < -0.39 is 15.7 Å². The molecule has 1 heterocycles. The van der Waals surface area contributed by atoms with E-state index in [1.807, 2.05) is 0 Å². The van der Waals surface area contributed by atoms with E-state index in [1.165, 1.54) is 18.2 Å². The monoisotopic (exact) mass is 354 g/mol. The lowest BCUT2D eigenvalue weighted by molar-refractivity contribution is 0.102. The van der Waals surface area contributed by atoms with Gasteiger partial charge in [0.2, 0.25) is 5.88 Å². The molecule has 2 rings (SSSR count). The van der Waals surface area contributed by atoms with Gasteiger partial charge in [-0.25, -0.2) is 13.4 Å². The summed E-state index contributed by atoms with van der Waals surface area (Å²) in [5.41, 5.74) is 0.126. The fourth-order valence-corrected chi connectivity index (χ4v) is 2.92. The molecule has 8 heteroatoms. The van der Waals surface area contributed by atoms with Crippen LogP contribution in [0.25, 0.3) is 0 Å². The molecule has 1 N–H and O–H groups in total. The summed E-state index contributed by atoms with van der Waals surface area (Å²) < 4.78 is 28.8. The number of hydrogen-bond acceptors (Lipinski definition) is 5. The summed E-state index contributed by atoms with van der Waals surface area (Å²) in [4.78, 5) is 16.4. The maximum Gasteiger partial charge on any atom is 0.275 e. The quantitative estimate of drug-likeness (QED) is 0.892. The lowest BCUT2D eigenvalue weighted by atomic mass is 10.3. The molecule has 23 heavy (non-hydrogen) atoms. The minimum atomic E-state index is -3.48. The summed E-state index contributed by atoms with van der Waals surface area (Å²) >= 11 is 5.99. The smallest absolute Gasteiger partial charge is 0.275 e. The van der Waals surface area contributed by atoms with Gasteiger partial charge in [-0.1, -0.05) is 23.7 Å². The number of amides is 1. The number of sulfone groups is 1. The summed E-state index contributed by atoms with van der Waals surface area (Å²) in [6, 6.07) is 9.15. The summed E-state index contributed by atoms with van der Waals surface area (Å²) in [5.74, 6) is -0.355. The third-order valence-corrected chi connectivity index (χ3v) is 4.32. The van der Waals surface area contributed by atoms with Crippen LogP contribution in [-0.2, 0) is 9.84 Å². The maximum atomic E-state index is 12.4. The van der Waals surface area contributed by atoms with Gasteiger partial charge in [-0.3, -0.25) is 4.79 Å². The molecule has 0 aliphatic heterocycles. The second kappa shape index (κ2) is 6.97. The van der Waals surface area contributed by atoms with Gasteiger partial charge in [0.1, 0.15) is 0 Å². The predicted octanol–water partition coefficient (Wildman–Crippen LogP) is 2.79. The molecule has 1 aromatic heterocycles. The van der Waals surface area contributed by atoms with Gasteiger partial charge in [0.25, 0.3) is 5.91 Å². The Labute approximate surface area is 139 Å². The highest BCUT2D eigenvalue weighted by molar-refractivity contribution is 7.90. The highest BCUT2D eigenvalue weighted by Crippen LogP contribution is 2.23. The van der Waals surface area contributed by atoms with Crippen LogP contribution in [0.1, 0.15) is 17.4 Å². The van der Waals surface area contributed by atoms with Gasteiger partial charge in [-0.15, -0.1) is 0 Å². The molecule has 0 aliphatic rings. The number of pyridine rings is 1. The first-order chi connectivity index (χ1) is 10.8. The number of rotatable bonds is 5. The van der Waals surface area contributed by atoms with Crippen molar-refractivity contribution in [2.24, 2.45) is 0 Å². The lowest BCUT2D eigenvalue weighted by Crippen LogP contribution is -2.17. The maximum absolute atomic E-state index is 12.4. The molecule has 0 bridgehead atoms. The van der Waals surface area contributed by atoms with E-state index in [9.17, 15) is 13.2 Å². The number of nitrogens with zero attached hydrogens (tertiary/aromatic N) is 1. The van der Waals surface area contributed by atoms with E-state index >= 15 is 0 Å². The number of anilines is 1. The van der Waals surface area contributed by atoms with Gasteiger partial charge in [0.15, 0.2) is 15.5 Å². The van der Waals surface area contributed by atoms with Crippen LogP contribution in [-0.4, -0.2) is 32.2 Å². The van der Waals surface area contributed by atoms with Crippen LogP contribution in [0.15, 0.2) is 41.3 Å². The molecule has 0 aliphatic carbocycles. The average molecular weight is 355 g/mol. The van der Waals surface area contributed by atoms with Crippen LogP contribution in [0, 0.1) is 0 Å². The number of nitrogens with one attached hydrogen (secondary N) is 1. The number of aromatic nitrogens is 1. The summed E-state index contributed by atoms with van der Waals surface area (Å²) in [6.07, 6.45) is 1.07. The van der Waals surface area contributed by atoms with Crippen molar-refractivity contribution in [1.29, 1.82) is 0 Å². The van der Waals surface area contributed by atoms with Crippen molar-refractivity contribution in [2.45, 2.75) is 11.8 Å². The fourth-order valence-electron chi connectivity index (χ4n) is 1.89. The highest BCUT2D eigenvalue weighted by atomic mass is 35.5. The molecular weight excluding hydrogens is 340 g/mol. The Morgan fingerprint density at radius 3 is 2.61 bits per heavy atom. The van der Waals surface area contributed by atoms with Crippen LogP contribution < -0.4 is 10.1 Å². The van der Waals surface area contributed by atoms with Crippen molar-refractivity contribution in [3.63, 3.8) is 0 Å². The van der Waals surface area contributed by atoms with Crippen molar-refractivity contribution in [3.05, 3.63) is 47.1 Å². The van der Waals surface area contributed by atoms with E-state index in [0.29, 0.717) is 6.61 Å². The molecule has 1 aromatic carbocycles. The van der Waals surface area contributed by atoms with E-state index in [0.717, 1.165) is 6.26 Å². The lowest BCUT2D eigenvalue weighted by Gasteiger charge is -2.11. The zero-order valence-electron chi connectivity index (χ0n) is 12.5. The van der Waals surface area contributed by atoms with Gasteiger partial charge < -0.3 is 10.1 Å². The topological polar surface area (TPSA) is 85.4 Å². The zero-order valence-corrected chi connectivity index (χ0v) is 14.1. The van der Waals surface area contributed by atoms with E-state index in [2.05, 4.69) is 10.3 Å². The highest BCUT2D eigenvalue weighted by Gasteiger charge is 2.18. The largest absolute Gasteiger partial charge is 0.478 e. The molecule has 122 valence electrons. The zero-order chi connectivity index (χ0) is 17.0. The average Bonchev–Trinajstić information content (AvgIpc) is 2.49. The van der Waals surface area contributed by atoms with Gasteiger partial charge in [0, 0.05) is 12.3 Å². The minimum absolute atomic E-state index is 0.0189. The third-order valence-electron chi connectivity index (χ3n) is 2.86. The fraction of sp³-hybridized carbons (Fsp3) is 0.200. The van der Waals surface area contributed by atoms with Gasteiger partial charge >= 0.3 is 0 Å². The molecule has 0 spiro atoms. The molecule has 6 nitrogen and oxygen atoms in total. The molecule has 2 aromatic rings. The molecule has 1 amide bonds. The van der Waals surface area contributed by atoms with E-state index in [4.69, 9.17) is 16.3 Å². The van der Waals surface area contributed by atoms with E-state index in [1.54, 1.807) is 25.1 Å². The van der Waals surface area contributed by atoms with Crippen LogP contribution in [0.3, 0.4) is 0 Å². The second-order valence-electron chi connectivity index (χ2n) is 4.64. The summed E-state index contributed by atoms with van der Waals surface area (Å²) in [5, 5.41) is 2.66. The van der Waals surface area contributed by atoms with Gasteiger partial charge in [0.05, 0.1) is 22.2 Å². The van der Waals surface area contributed by atoms with Gasteiger partial charge in [-0.2, -0.15) is 0 Å². The molecule has 0 atom stereocenters. The number of carbonyl (C=O) groups is 1. The number of halogens is 1. The van der Waals surface area contributed by atoms with E-state index in [-0.39, 0.29) is 27.2 Å². The van der Waals surface area contributed by atoms with Crippen molar-refractivity contribution >= 4 is 33.0 Å². The molecule has 0 radical (unpaired) electrons. The predicted molar refractivity (Wildman–Crippen MR) is 87.9 cm³/mol. The first-order valence-electron chi connectivity index (χ1n) is 6.72. The van der Waals surface area contributed by atoms with Crippen LogP contribution >= 0.6 is 11.6 Å². The molecule has 0 unspecified atom stereocenters. The minimum Gasteiger partial charge on any atom is -0.478 e. The summed E-state index contributed by atoms with van der Waals surface area (Å²) in [7, 11) is -3.48. The van der Waals surface area contributed by atoms with Crippen molar-refractivity contribution < 1.29 is 17.9 Å². The standard InChI is InChI=1S/C15H15ClN2O4S/c1-3-22-13-9-8-10(16)14(18-13)15(19)17-11-6-4-5-7-12(11)23(2,20)21/h4-9H,3H2,1-2H3,(H,17,19). The second-order valence-corrected chi connectivity index (χ2v) is 7.03. The Hall–Kier alpha value is -2.12. The SMILES string of the molecule is CCOc1ccc(Cl)c(C(=O)Nc2ccccc2S(C)(=O)=O)n1. The Morgan fingerprint density at radius 2 is 1.96 bits per heavy atom. The van der Waals surface area contributed by atoms with Gasteiger partial charge in [-0.05, 0) is 25.1 Å². The molecule has 0 saturated heterocycles. The number of benzene rings is 1. The van der Waals surface area contributed by atoms with Crippen molar-refractivity contribution in [2.75, 3.05) is 18.2 Å². The normalized spacial score (nSPS) is 11.1. The third kappa shape index (κ3) is 4.20. The molecular formula is C15H15ClN2O4S. The van der Waals surface area contributed by atoms with Crippen molar-refractivity contribution in [3.8, 4) is 5.88 Å². The Bertz CT molecular complexity index is 837. The van der Waals surface area contributed by atoms with Crippen LogP contribution in [0.5, 0.6) is 5.88 Å². The Balaban J connectivity index is 2.36. The number of para-hydroxylation sites is 1. The summed E-state index contributed by atoms with van der Waals surface area (Å²) in [6.45, 7) is 2.19. The Kier molecular flexibility index (Phi) is 5.23. The number of ether oxygens (including phenoxy) is 1. The van der Waals surface area contributed by atoms with Crippen LogP contribution in [0.4, 0.5) is 5.69 Å². The Morgan fingerprint density at radius 1 is 1.26 bits per heavy atom. The molecule has 0 fully saturated rings. The number of hydrogen-bond donors (Lipinski definition) is 1. The van der Waals surface area contributed by atoms with Crippen molar-refractivity contribution in [1.82, 2.24) is 4.98 Å².